The van der Waals surface area contributed by atoms with Gasteiger partial charge in [-0.15, -0.1) is 0 Å². The lowest BCUT2D eigenvalue weighted by molar-refractivity contribution is -0.128. The van der Waals surface area contributed by atoms with Gasteiger partial charge >= 0.3 is 0 Å². The van der Waals surface area contributed by atoms with E-state index in [4.69, 9.17) is 0 Å². The molecule has 0 aliphatic carbocycles. The average Bonchev–Trinajstić information content (AvgIpc) is 2.28. The zero-order valence-electron chi connectivity index (χ0n) is 10.5. The topological polar surface area (TPSA) is 58.2 Å². The molecule has 1 aromatic rings. The summed E-state index contributed by atoms with van der Waals surface area (Å²) in [5, 5.41) is 5.17. The van der Waals surface area contributed by atoms with Crippen molar-refractivity contribution in [2.75, 3.05) is 6.54 Å². The van der Waals surface area contributed by atoms with Crippen LogP contribution in [-0.4, -0.2) is 24.4 Å². The van der Waals surface area contributed by atoms with Crippen molar-refractivity contribution in [3.05, 3.63) is 35.6 Å². The molecule has 5 heteroatoms. The fraction of sp³-hybridized carbons (Fsp3) is 0.385. The molecule has 98 valence electrons. The van der Waals surface area contributed by atoms with Crippen LogP contribution in [0.5, 0.6) is 0 Å². The van der Waals surface area contributed by atoms with Gasteiger partial charge in [-0.1, -0.05) is 12.1 Å². The van der Waals surface area contributed by atoms with Crippen molar-refractivity contribution < 1.29 is 14.0 Å². The van der Waals surface area contributed by atoms with Crippen LogP contribution >= 0.6 is 0 Å². The fourth-order valence-electron chi connectivity index (χ4n) is 1.52. The van der Waals surface area contributed by atoms with Gasteiger partial charge in [-0.25, -0.2) is 4.39 Å². The molecule has 2 N–H and O–H groups in total. The Labute approximate surface area is 106 Å². The van der Waals surface area contributed by atoms with Crippen LogP contribution in [0.2, 0.25) is 0 Å². The molecule has 0 saturated carbocycles. The maximum absolute atomic E-state index is 12.9. The number of carbonyl (C=O) groups is 2. The van der Waals surface area contributed by atoms with E-state index in [-0.39, 0.29) is 24.1 Å². The largest absolute Gasteiger partial charge is 0.355 e. The van der Waals surface area contributed by atoms with Crippen LogP contribution in [0.25, 0.3) is 0 Å². The van der Waals surface area contributed by atoms with E-state index in [2.05, 4.69) is 10.6 Å². The Morgan fingerprint density at radius 2 is 2.11 bits per heavy atom. The number of hydrogen-bond acceptors (Lipinski definition) is 2. The SMILES string of the molecule is CCNC(=O)[C@@H](C)NC(=O)Cc1cccc(F)c1. The number of nitrogens with one attached hydrogen (secondary N) is 2. The molecule has 0 aliphatic heterocycles. The predicted octanol–water partition coefficient (Wildman–Crippen LogP) is 1.01. The lowest BCUT2D eigenvalue weighted by Gasteiger charge is -2.13. The Balaban J connectivity index is 2.49. The Hall–Kier alpha value is -1.91. The van der Waals surface area contributed by atoms with Gasteiger partial charge in [0.1, 0.15) is 11.9 Å². The highest BCUT2D eigenvalue weighted by Gasteiger charge is 2.14. The van der Waals surface area contributed by atoms with Gasteiger partial charge in [-0.2, -0.15) is 0 Å². The molecular weight excluding hydrogens is 235 g/mol. The first-order valence-electron chi connectivity index (χ1n) is 5.84. The summed E-state index contributed by atoms with van der Waals surface area (Å²) in [6.45, 7) is 3.93. The number of halogens is 1. The fourth-order valence-corrected chi connectivity index (χ4v) is 1.52. The third kappa shape index (κ3) is 4.53. The molecule has 1 atom stereocenters. The quantitative estimate of drug-likeness (QED) is 0.821. The minimum absolute atomic E-state index is 0.0570. The molecular formula is C13H17FN2O2. The first-order chi connectivity index (χ1) is 8.52. The summed E-state index contributed by atoms with van der Waals surface area (Å²) < 4.78 is 12.9. The van der Waals surface area contributed by atoms with Crippen LogP contribution < -0.4 is 10.6 Å². The lowest BCUT2D eigenvalue weighted by Crippen LogP contribution is -2.45. The van der Waals surface area contributed by atoms with Gasteiger partial charge in [0, 0.05) is 6.54 Å². The molecule has 0 aliphatic rings. The number of benzene rings is 1. The molecule has 0 bridgehead atoms. The highest BCUT2D eigenvalue weighted by Crippen LogP contribution is 2.04. The van der Waals surface area contributed by atoms with E-state index in [0.717, 1.165) is 0 Å². The normalized spacial score (nSPS) is 11.7. The standard InChI is InChI=1S/C13H17FN2O2/c1-3-15-13(18)9(2)16-12(17)8-10-5-4-6-11(14)7-10/h4-7,9H,3,8H2,1-2H3,(H,15,18)(H,16,17)/t9-/m1/s1. The molecule has 2 amide bonds. The predicted molar refractivity (Wildman–Crippen MR) is 66.4 cm³/mol. The van der Waals surface area contributed by atoms with Crippen molar-refractivity contribution in [3.63, 3.8) is 0 Å². The lowest BCUT2D eigenvalue weighted by atomic mass is 10.1. The maximum atomic E-state index is 12.9. The van der Waals surface area contributed by atoms with E-state index < -0.39 is 6.04 Å². The van der Waals surface area contributed by atoms with Crippen molar-refractivity contribution in [1.82, 2.24) is 10.6 Å². The van der Waals surface area contributed by atoms with Gasteiger partial charge in [0.05, 0.1) is 6.42 Å². The molecule has 18 heavy (non-hydrogen) atoms. The van der Waals surface area contributed by atoms with Gasteiger partial charge in [0.15, 0.2) is 0 Å². The summed E-state index contributed by atoms with van der Waals surface area (Å²) in [6.07, 6.45) is 0.0570. The minimum atomic E-state index is -0.592. The number of carbonyl (C=O) groups excluding carboxylic acids is 2. The van der Waals surface area contributed by atoms with E-state index in [1.54, 1.807) is 26.0 Å². The zero-order chi connectivity index (χ0) is 13.5. The molecule has 0 radical (unpaired) electrons. The smallest absolute Gasteiger partial charge is 0.242 e. The average molecular weight is 252 g/mol. The van der Waals surface area contributed by atoms with Crippen molar-refractivity contribution >= 4 is 11.8 Å². The third-order valence-corrected chi connectivity index (χ3v) is 2.38. The number of amides is 2. The van der Waals surface area contributed by atoms with E-state index in [1.165, 1.54) is 12.1 Å². The maximum Gasteiger partial charge on any atom is 0.242 e. The Kier molecular flexibility index (Phi) is 5.30. The molecule has 0 unspecified atom stereocenters. The second-order valence-corrected chi connectivity index (χ2v) is 3.99. The molecule has 0 saturated heterocycles. The monoisotopic (exact) mass is 252 g/mol. The number of rotatable bonds is 5. The van der Waals surface area contributed by atoms with Gasteiger partial charge in [-0.3, -0.25) is 9.59 Å². The van der Waals surface area contributed by atoms with E-state index in [0.29, 0.717) is 12.1 Å². The molecule has 4 nitrogen and oxygen atoms in total. The first kappa shape index (κ1) is 14.2. The van der Waals surface area contributed by atoms with E-state index in [9.17, 15) is 14.0 Å². The van der Waals surface area contributed by atoms with Gasteiger partial charge in [-0.05, 0) is 31.5 Å². The highest BCUT2D eigenvalue weighted by atomic mass is 19.1. The molecule has 1 rings (SSSR count). The minimum Gasteiger partial charge on any atom is -0.355 e. The van der Waals surface area contributed by atoms with Gasteiger partial charge in [0.25, 0.3) is 0 Å². The Morgan fingerprint density at radius 1 is 1.39 bits per heavy atom. The van der Waals surface area contributed by atoms with Crippen molar-refractivity contribution in [2.45, 2.75) is 26.3 Å². The second kappa shape index (κ2) is 6.74. The summed E-state index contributed by atoms with van der Waals surface area (Å²) in [5.41, 5.74) is 0.579. The van der Waals surface area contributed by atoms with Crippen LogP contribution in [0.3, 0.4) is 0 Å². The zero-order valence-corrected chi connectivity index (χ0v) is 10.5. The highest BCUT2D eigenvalue weighted by molar-refractivity contribution is 5.87. The van der Waals surface area contributed by atoms with Crippen molar-refractivity contribution in [1.29, 1.82) is 0 Å². The molecule has 0 heterocycles. The first-order valence-corrected chi connectivity index (χ1v) is 5.84. The van der Waals surface area contributed by atoms with Crippen LogP contribution in [0.15, 0.2) is 24.3 Å². The van der Waals surface area contributed by atoms with Crippen LogP contribution in [0, 0.1) is 5.82 Å². The molecule has 0 spiro atoms. The van der Waals surface area contributed by atoms with Crippen molar-refractivity contribution in [2.24, 2.45) is 0 Å². The molecule has 1 aromatic carbocycles. The van der Waals surface area contributed by atoms with Crippen molar-refractivity contribution in [3.8, 4) is 0 Å². The number of likely N-dealkylation sites (N-methyl/N-ethyl adjacent to an activating group) is 1. The summed E-state index contributed by atoms with van der Waals surface area (Å²) in [5.74, 6) is -0.915. The Bertz CT molecular complexity index is 435. The second-order valence-electron chi connectivity index (χ2n) is 3.99. The summed E-state index contributed by atoms with van der Waals surface area (Å²) >= 11 is 0. The van der Waals surface area contributed by atoms with Gasteiger partial charge < -0.3 is 10.6 Å². The summed E-state index contributed by atoms with van der Waals surface area (Å²) in [4.78, 5) is 23.0. The van der Waals surface area contributed by atoms with Crippen LogP contribution in [0.1, 0.15) is 19.4 Å². The Morgan fingerprint density at radius 3 is 2.72 bits per heavy atom. The van der Waals surface area contributed by atoms with Gasteiger partial charge in [0.2, 0.25) is 11.8 Å². The summed E-state index contributed by atoms with van der Waals surface area (Å²) in [6, 6.07) is 5.24. The van der Waals surface area contributed by atoms with E-state index in [1.807, 2.05) is 0 Å². The van der Waals surface area contributed by atoms with Crippen LogP contribution in [-0.2, 0) is 16.0 Å². The molecule has 0 aromatic heterocycles. The number of hydrogen-bond donors (Lipinski definition) is 2. The van der Waals surface area contributed by atoms with Crippen LogP contribution in [0.4, 0.5) is 4.39 Å². The third-order valence-electron chi connectivity index (χ3n) is 2.38. The summed E-state index contributed by atoms with van der Waals surface area (Å²) in [7, 11) is 0. The van der Waals surface area contributed by atoms with E-state index >= 15 is 0 Å². The molecule has 0 fully saturated rings.